The van der Waals surface area contributed by atoms with E-state index in [1.807, 2.05) is 20.8 Å². The van der Waals surface area contributed by atoms with Gasteiger partial charge in [-0.05, 0) is 33.6 Å². The van der Waals surface area contributed by atoms with Crippen LogP contribution in [0.25, 0.3) is 0 Å². The van der Waals surface area contributed by atoms with E-state index in [1.165, 1.54) is 0 Å². The zero-order valence-electron chi connectivity index (χ0n) is 11.8. The molecule has 5 nitrogen and oxygen atoms in total. The van der Waals surface area contributed by atoms with Gasteiger partial charge in [-0.3, -0.25) is 9.59 Å². The molecule has 1 rings (SSSR count). The van der Waals surface area contributed by atoms with E-state index < -0.39 is 0 Å². The summed E-state index contributed by atoms with van der Waals surface area (Å²) in [6.45, 7) is 7.19. The van der Waals surface area contributed by atoms with Crippen molar-refractivity contribution in [2.45, 2.75) is 39.2 Å². The molecule has 0 unspecified atom stereocenters. The lowest BCUT2D eigenvalue weighted by Gasteiger charge is -2.32. The second-order valence-electron chi connectivity index (χ2n) is 5.67. The summed E-state index contributed by atoms with van der Waals surface area (Å²) in [5, 5.41) is 2.66. The van der Waals surface area contributed by atoms with E-state index in [0.29, 0.717) is 13.1 Å². The van der Waals surface area contributed by atoms with Gasteiger partial charge in [-0.15, -0.1) is 0 Å². The lowest BCUT2D eigenvalue weighted by atomic mass is 9.96. The molecule has 0 saturated carbocycles. The Labute approximate surface area is 109 Å². The highest BCUT2D eigenvalue weighted by Crippen LogP contribution is 2.17. The van der Waals surface area contributed by atoms with Crippen molar-refractivity contribution in [3.05, 3.63) is 0 Å². The highest BCUT2D eigenvalue weighted by molar-refractivity contribution is 5.80. The molecule has 0 spiro atoms. The van der Waals surface area contributed by atoms with Crippen molar-refractivity contribution in [2.24, 2.45) is 5.92 Å². The number of nitrogens with one attached hydrogen (secondary N) is 1. The van der Waals surface area contributed by atoms with Crippen molar-refractivity contribution < 1.29 is 14.3 Å². The van der Waals surface area contributed by atoms with Crippen LogP contribution in [-0.4, -0.2) is 49.1 Å². The van der Waals surface area contributed by atoms with E-state index in [9.17, 15) is 9.59 Å². The van der Waals surface area contributed by atoms with Crippen LogP contribution in [0.5, 0.6) is 0 Å². The minimum absolute atomic E-state index is 0.0141. The summed E-state index contributed by atoms with van der Waals surface area (Å²) in [6.07, 6.45) is 1.47. The fourth-order valence-corrected chi connectivity index (χ4v) is 1.96. The number of carbonyl (C=O) groups excluding carboxylic acids is 2. The molecular formula is C13H24N2O3. The fraction of sp³-hybridized carbons (Fsp3) is 0.846. The SMILES string of the molecule is CNC(=O)C1CCN(C(=O)COC(C)(C)C)CC1. The molecule has 0 radical (unpaired) electrons. The molecule has 0 aromatic heterocycles. The van der Waals surface area contributed by atoms with E-state index in [0.717, 1.165) is 12.8 Å². The molecule has 2 amide bonds. The van der Waals surface area contributed by atoms with Gasteiger partial charge in [0.15, 0.2) is 0 Å². The van der Waals surface area contributed by atoms with E-state index in [4.69, 9.17) is 4.74 Å². The number of carbonyl (C=O) groups is 2. The first-order chi connectivity index (χ1) is 8.33. The second kappa shape index (κ2) is 6.18. The smallest absolute Gasteiger partial charge is 0.248 e. The predicted molar refractivity (Wildman–Crippen MR) is 69.1 cm³/mol. The van der Waals surface area contributed by atoms with Crippen molar-refractivity contribution >= 4 is 11.8 Å². The van der Waals surface area contributed by atoms with Crippen molar-refractivity contribution in [2.75, 3.05) is 26.7 Å². The zero-order valence-corrected chi connectivity index (χ0v) is 11.8. The maximum atomic E-state index is 11.9. The van der Waals surface area contributed by atoms with Crippen LogP contribution in [0.3, 0.4) is 0 Å². The second-order valence-corrected chi connectivity index (χ2v) is 5.67. The van der Waals surface area contributed by atoms with Crippen LogP contribution in [0.4, 0.5) is 0 Å². The normalized spacial score (nSPS) is 17.7. The average molecular weight is 256 g/mol. The summed E-state index contributed by atoms with van der Waals surface area (Å²) >= 11 is 0. The quantitative estimate of drug-likeness (QED) is 0.812. The standard InChI is InChI=1S/C13H24N2O3/c1-13(2,3)18-9-11(16)15-7-5-10(6-8-15)12(17)14-4/h10H,5-9H2,1-4H3,(H,14,17). The predicted octanol–water partition coefficient (Wildman–Crippen LogP) is 0.786. The first-order valence-corrected chi connectivity index (χ1v) is 6.47. The third-order valence-electron chi connectivity index (χ3n) is 3.09. The van der Waals surface area contributed by atoms with Gasteiger partial charge < -0.3 is 15.0 Å². The summed E-state index contributed by atoms with van der Waals surface area (Å²) in [5.74, 6) is 0.135. The molecule has 0 aliphatic carbocycles. The summed E-state index contributed by atoms with van der Waals surface area (Å²) < 4.78 is 5.47. The highest BCUT2D eigenvalue weighted by atomic mass is 16.5. The van der Waals surface area contributed by atoms with Crippen LogP contribution in [0.2, 0.25) is 0 Å². The Bertz CT molecular complexity index is 302. The van der Waals surface area contributed by atoms with Crippen LogP contribution >= 0.6 is 0 Å². The van der Waals surface area contributed by atoms with Crippen molar-refractivity contribution in [1.82, 2.24) is 10.2 Å². The van der Waals surface area contributed by atoms with Crippen LogP contribution < -0.4 is 5.32 Å². The molecule has 0 bridgehead atoms. The number of rotatable bonds is 3. The topological polar surface area (TPSA) is 58.6 Å². The van der Waals surface area contributed by atoms with Crippen LogP contribution in [0.15, 0.2) is 0 Å². The molecule has 1 aliphatic rings. The van der Waals surface area contributed by atoms with Gasteiger partial charge in [0.25, 0.3) is 0 Å². The Morgan fingerprint density at radius 2 is 1.83 bits per heavy atom. The van der Waals surface area contributed by atoms with E-state index in [1.54, 1.807) is 11.9 Å². The number of likely N-dealkylation sites (tertiary alicyclic amines) is 1. The number of ether oxygens (including phenoxy) is 1. The van der Waals surface area contributed by atoms with E-state index in [-0.39, 0.29) is 29.9 Å². The van der Waals surface area contributed by atoms with Gasteiger partial charge in [-0.25, -0.2) is 0 Å². The third kappa shape index (κ3) is 4.64. The van der Waals surface area contributed by atoms with Gasteiger partial charge in [0.1, 0.15) is 6.61 Å². The summed E-state index contributed by atoms with van der Waals surface area (Å²) in [7, 11) is 1.65. The lowest BCUT2D eigenvalue weighted by molar-refractivity contribution is -0.143. The molecule has 1 aliphatic heterocycles. The summed E-state index contributed by atoms with van der Waals surface area (Å²) in [5.41, 5.74) is -0.296. The van der Waals surface area contributed by atoms with Crippen molar-refractivity contribution in [3.63, 3.8) is 0 Å². The summed E-state index contributed by atoms with van der Waals surface area (Å²) in [6, 6.07) is 0. The molecule has 0 aromatic rings. The maximum absolute atomic E-state index is 11.9. The number of nitrogens with zero attached hydrogens (tertiary/aromatic N) is 1. The van der Waals surface area contributed by atoms with E-state index in [2.05, 4.69) is 5.32 Å². The Hall–Kier alpha value is -1.10. The molecule has 1 fully saturated rings. The first kappa shape index (κ1) is 15.0. The van der Waals surface area contributed by atoms with Crippen LogP contribution in [0.1, 0.15) is 33.6 Å². The van der Waals surface area contributed by atoms with Gasteiger partial charge in [0, 0.05) is 26.1 Å². The summed E-state index contributed by atoms with van der Waals surface area (Å²) in [4.78, 5) is 25.1. The number of hydrogen-bond donors (Lipinski definition) is 1. The third-order valence-corrected chi connectivity index (χ3v) is 3.09. The molecule has 1 saturated heterocycles. The van der Waals surface area contributed by atoms with Gasteiger partial charge >= 0.3 is 0 Å². The van der Waals surface area contributed by atoms with Gasteiger partial charge in [0.2, 0.25) is 11.8 Å². The Balaban J connectivity index is 2.34. The minimum atomic E-state index is -0.296. The van der Waals surface area contributed by atoms with Gasteiger partial charge in [0.05, 0.1) is 5.60 Å². The molecule has 1 N–H and O–H groups in total. The highest BCUT2D eigenvalue weighted by Gasteiger charge is 2.27. The molecule has 5 heteroatoms. The van der Waals surface area contributed by atoms with Crippen molar-refractivity contribution in [1.29, 1.82) is 0 Å². The molecule has 104 valence electrons. The minimum Gasteiger partial charge on any atom is -0.366 e. The van der Waals surface area contributed by atoms with Crippen LogP contribution in [0, 0.1) is 5.92 Å². The Morgan fingerprint density at radius 3 is 2.28 bits per heavy atom. The fourth-order valence-electron chi connectivity index (χ4n) is 1.96. The van der Waals surface area contributed by atoms with Gasteiger partial charge in [-0.1, -0.05) is 0 Å². The molecule has 0 atom stereocenters. The molecular weight excluding hydrogens is 232 g/mol. The molecule has 18 heavy (non-hydrogen) atoms. The maximum Gasteiger partial charge on any atom is 0.248 e. The Kier molecular flexibility index (Phi) is 5.14. The van der Waals surface area contributed by atoms with Crippen molar-refractivity contribution in [3.8, 4) is 0 Å². The lowest BCUT2D eigenvalue weighted by Crippen LogP contribution is -2.44. The molecule has 1 heterocycles. The average Bonchev–Trinajstić information content (AvgIpc) is 2.34. The van der Waals surface area contributed by atoms with E-state index >= 15 is 0 Å². The number of piperidine rings is 1. The molecule has 0 aromatic carbocycles. The first-order valence-electron chi connectivity index (χ1n) is 6.47. The number of hydrogen-bond acceptors (Lipinski definition) is 3. The van der Waals surface area contributed by atoms with Gasteiger partial charge in [-0.2, -0.15) is 0 Å². The number of amides is 2. The van der Waals surface area contributed by atoms with Crippen LogP contribution in [-0.2, 0) is 14.3 Å². The largest absolute Gasteiger partial charge is 0.366 e. The Morgan fingerprint density at radius 1 is 1.28 bits per heavy atom. The zero-order chi connectivity index (χ0) is 13.8. The monoisotopic (exact) mass is 256 g/mol.